The molecule has 2 aliphatic rings. The van der Waals surface area contributed by atoms with Gasteiger partial charge in [-0.25, -0.2) is 9.59 Å². The van der Waals surface area contributed by atoms with Crippen molar-refractivity contribution in [2.75, 3.05) is 18.5 Å². The molecule has 0 atom stereocenters. The number of carbonyl (C=O) groups excluding carboxylic acids is 1. The van der Waals surface area contributed by atoms with Gasteiger partial charge in [-0.05, 0) is 39.8 Å². The molecule has 6 nitrogen and oxygen atoms in total. The fourth-order valence-corrected chi connectivity index (χ4v) is 6.74. The van der Waals surface area contributed by atoms with Gasteiger partial charge in [0.15, 0.2) is 0 Å². The number of aromatic carboxylic acids is 1. The number of nitrogens with one attached hydrogen (secondary N) is 1. The number of fused-ring (bicyclic) bond motifs is 4. The van der Waals surface area contributed by atoms with Gasteiger partial charge in [-0.3, -0.25) is 10.2 Å². The standard InChI is InChI=1S/C30H26N2O4S/c33-29(34)27-24-14-15-32(16-19-8-2-1-3-9-19)17-26(24)37-28(27)31-30(35)36-18-25-22-12-6-4-10-20(22)21-11-5-7-13-23(21)25/h1-13,25H,14-18H2,(H,31,35)(H,33,34). The molecule has 1 amide bonds. The maximum atomic E-state index is 12.9. The van der Waals surface area contributed by atoms with Crippen LogP contribution >= 0.6 is 11.3 Å². The van der Waals surface area contributed by atoms with Gasteiger partial charge in [0.25, 0.3) is 0 Å². The maximum Gasteiger partial charge on any atom is 0.412 e. The molecule has 0 radical (unpaired) electrons. The Hall–Kier alpha value is -3.94. The Morgan fingerprint density at radius 3 is 2.27 bits per heavy atom. The Morgan fingerprint density at radius 2 is 1.59 bits per heavy atom. The van der Waals surface area contributed by atoms with Gasteiger partial charge < -0.3 is 9.84 Å². The smallest absolute Gasteiger partial charge is 0.412 e. The van der Waals surface area contributed by atoms with E-state index >= 15 is 0 Å². The number of ether oxygens (including phenoxy) is 1. The fraction of sp³-hybridized carbons (Fsp3) is 0.200. The summed E-state index contributed by atoms with van der Waals surface area (Å²) >= 11 is 1.33. The summed E-state index contributed by atoms with van der Waals surface area (Å²) in [4.78, 5) is 28.3. The van der Waals surface area contributed by atoms with Crippen molar-refractivity contribution in [2.24, 2.45) is 0 Å². The summed E-state index contributed by atoms with van der Waals surface area (Å²) < 4.78 is 5.66. The second-order valence-corrected chi connectivity index (χ2v) is 10.5. The van der Waals surface area contributed by atoms with Crippen LogP contribution in [-0.4, -0.2) is 35.2 Å². The number of nitrogens with zero attached hydrogens (tertiary/aromatic N) is 1. The lowest BCUT2D eigenvalue weighted by Crippen LogP contribution is -2.29. The SMILES string of the molecule is O=C(Nc1sc2c(c1C(=O)O)CCN(Cc1ccccc1)C2)OCC1c2ccccc2-c2ccccc21. The summed E-state index contributed by atoms with van der Waals surface area (Å²) in [5.41, 5.74) is 6.81. The minimum Gasteiger partial charge on any atom is -0.478 e. The van der Waals surface area contributed by atoms with E-state index < -0.39 is 12.1 Å². The molecule has 1 aromatic heterocycles. The molecule has 0 spiro atoms. The molecular formula is C30H26N2O4S. The van der Waals surface area contributed by atoms with Crippen LogP contribution in [0.1, 0.15) is 43.4 Å². The van der Waals surface area contributed by atoms with Crippen LogP contribution in [0, 0.1) is 0 Å². The first-order valence-corrected chi connectivity index (χ1v) is 13.2. The summed E-state index contributed by atoms with van der Waals surface area (Å²) in [6.07, 6.45) is -0.00347. The molecule has 4 aromatic rings. The van der Waals surface area contributed by atoms with Crippen LogP contribution in [0.15, 0.2) is 78.9 Å². The van der Waals surface area contributed by atoms with Crippen LogP contribution in [0.4, 0.5) is 9.80 Å². The molecule has 2 N–H and O–H groups in total. The Bertz CT molecular complexity index is 1430. The normalized spacial score (nSPS) is 14.5. The summed E-state index contributed by atoms with van der Waals surface area (Å²) in [6.45, 7) is 2.40. The minimum absolute atomic E-state index is 0.0554. The molecule has 1 aliphatic carbocycles. The van der Waals surface area contributed by atoms with Crippen molar-refractivity contribution in [3.05, 3.63) is 112 Å². The summed E-state index contributed by atoms with van der Waals surface area (Å²) in [7, 11) is 0. The van der Waals surface area contributed by atoms with E-state index in [4.69, 9.17) is 4.74 Å². The predicted octanol–water partition coefficient (Wildman–Crippen LogP) is 6.37. The maximum absolute atomic E-state index is 12.9. The molecule has 37 heavy (non-hydrogen) atoms. The monoisotopic (exact) mass is 510 g/mol. The predicted molar refractivity (Wildman–Crippen MR) is 144 cm³/mol. The summed E-state index contributed by atoms with van der Waals surface area (Å²) in [5.74, 6) is -1.08. The van der Waals surface area contributed by atoms with E-state index in [2.05, 4.69) is 46.6 Å². The molecule has 0 bridgehead atoms. The number of anilines is 1. The fourth-order valence-electron chi connectivity index (χ4n) is 5.47. The molecular weight excluding hydrogens is 484 g/mol. The van der Waals surface area contributed by atoms with Crippen molar-refractivity contribution in [1.82, 2.24) is 4.90 Å². The van der Waals surface area contributed by atoms with E-state index in [1.807, 2.05) is 42.5 Å². The average Bonchev–Trinajstić information content (AvgIpc) is 3.43. The molecule has 7 heteroatoms. The second-order valence-electron chi connectivity index (χ2n) is 9.41. The van der Waals surface area contributed by atoms with Crippen molar-refractivity contribution < 1.29 is 19.4 Å². The van der Waals surface area contributed by atoms with E-state index in [9.17, 15) is 14.7 Å². The number of benzene rings is 3. The van der Waals surface area contributed by atoms with Crippen LogP contribution < -0.4 is 5.32 Å². The molecule has 0 fully saturated rings. The van der Waals surface area contributed by atoms with Gasteiger partial charge in [0.05, 0.1) is 5.56 Å². The highest BCUT2D eigenvalue weighted by Gasteiger charge is 2.31. The zero-order valence-corrected chi connectivity index (χ0v) is 21.0. The lowest BCUT2D eigenvalue weighted by molar-refractivity contribution is 0.0696. The van der Waals surface area contributed by atoms with Gasteiger partial charge in [0.1, 0.15) is 11.6 Å². The number of carboxylic acid groups (broad SMARTS) is 1. The van der Waals surface area contributed by atoms with Gasteiger partial charge in [-0.1, -0.05) is 78.9 Å². The third kappa shape index (κ3) is 4.52. The quantitative estimate of drug-likeness (QED) is 0.315. The van der Waals surface area contributed by atoms with Crippen LogP contribution in [0.5, 0.6) is 0 Å². The molecule has 0 saturated carbocycles. The zero-order chi connectivity index (χ0) is 25.4. The van der Waals surface area contributed by atoms with Gasteiger partial charge in [0, 0.05) is 30.4 Å². The molecule has 0 saturated heterocycles. The Kier molecular flexibility index (Phi) is 6.24. The largest absolute Gasteiger partial charge is 0.478 e. The Balaban J connectivity index is 1.17. The molecule has 186 valence electrons. The highest BCUT2D eigenvalue weighted by atomic mass is 32.1. The summed E-state index contributed by atoms with van der Waals surface area (Å²) in [6, 6.07) is 26.6. The number of amides is 1. The Morgan fingerprint density at radius 1 is 0.946 bits per heavy atom. The van der Waals surface area contributed by atoms with Gasteiger partial charge in [-0.15, -0.1) is 11.3 Å². The lowest BCUT2D eigenvalue weighted by atomic mass is 9.98. The molecule has 3 aromatic carbocycles. The Labute approximate surface area is 219 Å². The molecule has 1 aliphatic heterocycles. The average molecular weight is 511 g/mol. The highest BCUT2D eigenvalue weighted by molar-refractivity contribution is 7.17. The zero-order valence-electron chi connectivity index (χ0n) is 20.1. The highest BCUT2D eigenvalue weighted by Crippen LogP contribution is 2.44. The van der Waals surface area contributed by atoms with Crippen LogP contribution in [0.3, 0.4) is 0 Å². The van der Waals surface area contributed by atoms with Crippen molar-refractivity contribution >= 4 is 28.4 Å². The van der Waals surface area contributed by atoms with Crippen molar-refractivity contribution in [3.8, 4) is 11.1 Å². The van der Waals surface area contributed by atoms with E-state index in [0.29, 0.717) is 18.0 Å². The van der Waals surface area contributed by atoms with E-state index in [0.717, 1.165) is 45.8 Å². The molecule has 6 rings (SSSR count). The van der Waals surface area contributed by atoms with E-state index in [-0.39, 0.29) is 18.1 Å². The van der Waals surface area contributed by atoms with E-state index in [1.54, 1.807) is 0 Å². The first-order chi connectivity index (χ1) is 18.1. The minimum atomic E-state index is -1.03. The molecule has 0 unspecified atom stereocenters. The van der Waals surface area contributed by atoms with Crippen molar-refractivity contribution in [1.29, 1.82) is 0 Å². The van der Waals surface area contributed by atoms with Crippen LogP contribution in [0.25, 0.3) is 11.1 Å². The second kappa shape index (κ2) is 9.84. The third-order valence-electron chi connectivity index (χ3n) is 7.16. The number of carboxylic acids is 1. The van der Waals surface area contributed by atoms with Gasteiger partial charge >= 0.3 is 12.1 Å². The van der Waals surface area contributed by atoms with Gasteiger partial charge in [-0.2, -0.15) is 0 Å². The number of thiophene rings is 1. The number of carbonyl (C=O) groups is 2. The molecule has 2 heterocycles. The van der Waals surface area contributed by atoms with Crippen LogP contribution in [0.2, 0.25) is 0 Å². The number of rotatable bonds is 6. The first kappa shape index (κ1) is 23.5. The van der Waals surface area contributed by atoms with Crippen LogP contribution in [-0.2, 0) is 24.2 Å². The number of hydrogen-bond donors (Lipinski definition) is 2. The topological polar surface area (TPSA) is 78.9 Å². The third-order valence-corrected chi connectivity index (χ3v) is 8.29. The van der Waals surface area contributed by atoms with Crippen molar-refractivity contribution in [3.63, 3.8) is 0 Å². The van der Waals surface area contributed by atoms with Gasteiger partial charge in [0.2, 0.25) is 0 Å². The number of hydrogen-bond acceptors (Lipinski definition) is 5. The van der Waals surface area contributed by atoms with Crippen molar-refractivity contribution in [2.45, 2.75) is 25.4 Å². The van der Waals surface area contributed by atoms with E-state index in [1.165, 1.54) is 16.9 Å². The lowest BCUT2D eigenvalue weighted by Gasteiger charge is -2.26. The summed E-state index contributed by atoms with van der Waals surface area (Å²) in [5, 5.41) is 13.0. The first-order valence-electron chi connectivity index (χ1n) is 12.3.